The Kier molecular flexibility index (Phi) is 8.39. The van der Waals surface area contributed by atoms with Crippen molar-refractivity contribution in [2.45, 2.75) is 47.5 Å². The first-order chi connectivity index (χ1) is 13.1. The summed E-state index contributed by atoms with van der Waals surface area (Å²) in [6.45, 7) is 15.0. The Balaban J connectivity index is 1.91. The van der Waals surface area contributed by atoms with E-state index in [1.807, 2.05) is 34.6 Å². The predicted octanol–water partition coefficient (Wildman–Crippen LogP) is 2.69. The van der Waals surface area contributed by atoms with Crippen molar-refractivity contribution in [3.63, 3.8) is 0 Å². The normalized spacial score (nSPS) is 15.5. The van der Waals surface area contributed by atoms with Gasteiger partial charge in [-0.1, -0.05) is 20.8 Å². The first kappa shape index (κ1) is 22.8. The van der Waals surface area contributed by atoms with Crippen LogP contribution in [0.3, 0.4) is 0 Å². The summed E-state index contributed by atoms with van der Waals surface area (Å²) in [6.07, 6.45) is 1.27. The number of aryl methyl sites for hydroxylation is 2. The number of aromatic nitrogens is 1. The topological polar surface area (TPSA) is 74.8 Å². The standard InChI is InChI=1S/C20H34N4O3S/c1-15-16(2)28-19(21-15)22-17(25)14-24(18(26)13-20(3,4)5)8-6-7-23-9-11-27-12-10-23/h6-14H2,1-5H3,(H,21,22,25). The third-order valence-corrected chi connectivity index (χ3v) is 5.64. The number of amides is 2. The van der Waals surface area contributed by atoms with Crippen molar-refractivity contribution < 1.29 is 14.3 Å². The van der Waals surface area contributed by atoms with Crippen molar-refractivity contribution in [1.82, 2.24) is 14.8 Å². The van der Waals surface area contributed by atoms with E-state index >= 15 is 0 Å². The second kappa shape index (κ2) is 10.3. The smallest absolute Gasteiger partial charge is 0.245 e. The highest BCUT2D eigenvalue weighted by Crippen LogP contribution is 2.22. The van der Waals surface area contributed by atoms with Crippen LogP contribution in [0.1, 0.15) is 44.2 Å². The highest BCUT2D eigenvalue weighted by molar-refractivity contribution is 7.15. The summed E-state index contributed by atoms with van der Waals surface area (Å²) in [4.78, 5) is 34.8. The molecule has 0 spiro atoms. The van der Waals surface area contributed by atoms with Crippen molar-refractivity contribution in [3.05, 3.63) is 10.6 Å². The zero-order chi connectivity index (χ0) is 20.7. The molecule has 0 radical (unpaired) electrons. The van der Waals surface area contributed by atoms with Gasteiger partial charge in [0.05, 0.1) is 25.5 Å². The van der Waals surface area contributed by atoms with Gasteiger partial charge in [-0.05, 0) is 25.7 Å². The summed E-state index contributed by atoms with van der Waals surface area (Å²) in [5, 5.41) is 3.43. The fourth-order valence-electron chi connectivity index (χ4n) is 3.03. The van der Waals surface area contributed by atoms with E-state index in [0.717, 1.165) is 49.8 Å². The monoisotopic (exact) mass is 410 g/mol. The molecule has 1 fully saturated rings. The maximum absolute atomic E-state index is 12.8. The largest absolute Gasteiger partial charge is 0.379 e. The average molecular weight is 411 g/mol. The first-order valence-electron chi connectivity index (χ1n) is 9.96. The van der Waals surface area contributed by atoms with E-state index < -0.39 is 0 Å². The van der Waals surface area contributed by atoms with Crippen molar-refractivity contribution in [1.29, 1.82) is 0 Å². The summed E-state index contributed by atoms with van der Waals surface area (Å²) in [5.74, 6) is -0.168. The van der Waals surface area contributed by atoms with Gasteiger partial charge in [0.25, 0.3) is 0 Å². The first-order valence-corrected chi connectivity index (χ1v) is 10.8. The second-order valence-corrected chi connectivity index (χ2v) is 9.77. The van der Waals surface area contributed by atoms with Crippen LogP contribution in [0.4, 0.5) is 5.13 Å². The van der Waals surface area contributed by atoms with E-state index in [0.29, 0.717) is 18.1 Å². The number of nitrogens with one attached hydrogen (secondary N) is 1. The lowest BCUT2D eigenvalue weighted by molar-refractivity contribution is -0.136. The van der Waals surface area contributed by atoms with Gasteiger partial charge in [0.15, 0.2) is 5.13 Å². The van der Waals surface area contributed by atoms with Crippen LogP contribution >= 0.6 is 11.3 Å². The number of thiazole rings is 1. The molecule has 2 rings (SSSR count). The van der Waals surface area contributed by atoms with Crippen LogP contribution in [0, 0.1) is 19.3 Å². The molecule has 2 amide bonds. The van der Waals surface area contributed by atoms with Crippen LogP contribution in [0.25, 0.3) is 0 Å². The number of nitrogens with zero attached hydrogens (tertiary/aromatic N) is 3. The summed E-state index contributed by atoms with van der Waals surface area (Å²) in [7, 11) is 0. The molecule has 1 saturated heterocycles. The quantitative estimate of drug-likeness (QED) is 0.713. The molecule has 2 heterocycles. The second-order valence-electron chi connectivity index (χ2n) is 8.57. The number of hydrogen-bond acceptors (Lipinski definition) is 6. The molecular weight excluding hydrogens is 376 g/mol. The van der Waals surface area contributed by atoms with Gasteiger partial charge >= 0.3 is 0 Å². The molecule has 0 unspecified atom stereocenters. The minimum Gasteiger partial charge on any atom is -0.379 e. The highest BCUT2D eigenvalue weighted by Gasteiger charge is 2.23. The minimum absolute atomic E-state index is 0.0242. The van der Waals surface area contributed by atoms with Gasteiger partial charge in [0.1, 0.15) is 0 Å². The maximum Gasteiger partial charge on any atom is 0.245 e. The van der Waals surface area contributed by atoms with E-state index in [4.69, 9.17) is 4.74 Å². The van der Waals surface area contributed by atoms with Gasteiger partial charge in [0.2, 0.25) is 11.8 Å². The van der Waals surface area contributed by atoms with Gasteiger partial charge in [-0.3, -0.25) is 14.5 Å². The van der Waals surface area contributed by atoms with Crippen molar-refractivity contribution in [2.24, 2.45) is 5.41 Å². The lowest BCUT2D eigenvalue weighted by atomic mass is 9.91. The fraction of sp³-hybridized carbons (Fsp3) is 0.750. The minimum atomic E-state index is -0.192. The molecule has 7 nitrogen and oxygen atoms in total. The molecule has 1 N–H and O–H groups in total. The number of carbonyl (C=O) groups is 2. The molecule has 0 saturated carbocycles. The number of morpholine rings is 1. The molecule has 158 valence electrons. The van der Waals surface area contributed by atoms with Gasteiger partial charge < -0.3 is 15.0 Å². The number of rotatable bonds is 8. The summed E-state index contributed by atoms with van der Waals surface area (Å²) >= 11 is 1.46. The van der Waals surface area contributed by atoms with Crippen molar-refractivity contribution in [3.8, 4) is 0 Å². The van der Waals surface area contributed by atoms with Crippen LogP contribution in [0.2, 0.25) is 0 Å². The van der Waals surface area contributed by atoms with Crippen LogP contribution in [0.5, 0.6) is 0 Å². The Morgan fingerprint density at radius 2 is 1.93 bits per heavy atom. The molecule has 0 atom stereocenters. The van der Waals surface area contributed by atoms with Crippen LogP contribution in [-0.2, 0) is 14.3 Å². The van der Waals surface area contributed by atoms with Gasteiger partial charge in [-0.15, -0.1) is 11.3 Å². The van der Waals surface area contributed by atoms with Crippen LogP contribution in [0.15, 0.2) is 0 Å². The van der Waals surface area contributed by atoms with E-state index in [9.17, 15) is 9.59 Å². The van der Waals surface area contributed by atoms with E-state index in [1.54, 1.807) is 4.90 Å². The highest BCUT2D eigenvalue weighted by atomic mass is 32.1. The molecule has 1 aromatic heterocycles. The summed E-state index contributed by atoms with van der Waals surface area (Å²) in [6, 6.07) is 0. The Morgan fingerprint density at radius 1 is 1.25 bits per heavy atom. The Bertz CT molecular complexity index is 643. The third kappa shape index (κ3) is 7.85. The molecule has 0 aromatic carbocycles. The lowest BCUT2D eigenvalue weighted by Gasteiger charge is -2.29. The molecule has 8 heteroatoms. The lowest BCUT2D eigenvalue weighted by Crippen LogP contribution is -2.42. The fourth-order valence-corrected chi connectivity index (χ4v) is 3.86. The summed E-state index contributed by atoms with van der Waals surface area (Å²) < 4.78 is 5.38. The predicted molar refractivity (Wildman–Crippen MR) is 113 cm³/mol. The Hall–Kier alpha value is -1.51. The average Bonchev–Trinajstić information content (AvgIpc) is 2.90. The maximum atomic E-state index is 12.8. The Morgan fingerprint density at radius 3 is 2.50 bits per heavy atom. The van der Waals surface area contributed by atoms with Gasteiger partial charge in [0, 0.05) is 37.5 Å². The van der Waals surface area contributed by atoms with E-state index in [2.05, 4.69) is 15.2 Å². The van der Waals surface area contributed by atoms with E-state index in [1.165, 1.54) is 11.3 Å². The number of carbonyl (C=O) groups excluding carboxylic acids is 2. The summed E-state index contributed by atoms with van der Waals surface area (Å²) in [5.41, 5.74) is 0.811. The van der Waals surface area contributed by atoms with Crippen molar-refractivity contribution in [2.75, 3.05) is 51.3 Å². The molecular formula is C20H34N4O3S. The SMILES string of the molecule is Cc1nc(NC(=O)CN(CCCN2CCOCC2)C(=O)CC(C)(C)C)sc1C. The molecule has 0 aliphatic carbocycles. The molecule has 1 aliphatic rings. The molecule has 1 aromatic rings. The molecule has 0 bridgehead atoms. The van der Waals surface area contributed by atoms with Gasteiger partial charge in [-0.2, -0.15) is 0 Å². The molecule has 28 heavy (non-hydrogen) atoms. The number of ether oxygens (including phenoxy) is 1. The van der Waals surface area contributed by atoms with Gasteiger partial charge in [-0.25, -0.2) is 4.98 Å². The zero-order valence-corrected chi connectivity index (χ0v) is 18.7. The Labute approximate surface area is 172 Å². The van der Waals surface area contributed by atoms with E-state index in [-0.39, 0.29) is 23.8 Å². The third-order valence-electron chi connectivity index (χ3n) is 4.65. The van der Waals surface area contributed by atoms with Crippen molar-refractivity contribution >= 4 is 28.3 Å². The van der Waals surface area contributed by atoms with Crippen LogP contribution < -0.4 is 5.32 Å². The van der Waals surface area contributed by atoms with Crippen LogP contribution in [-0.4, -0.2) is 72.5 Å². The zero-order valence-electron chi connectivity index (χ0n) is 17.8. The molecule has 1 aliphatic heterocycles. The number of anilines is 1. The number of hydrogen-bond donors (Lipinski definition) is 1.